The Labute approximate surface area is 183 Å². The van der Waals surface area contributed by atoms with Crippen LogP contribution in [0, 0.1) is 23.2 Å². The van der Waals surface area contributed by atoms with E-state index in [2.05, 4.69) is 10.6 Å². The Bertz CT molecular complexity index is 869. The first-order valence-corrected chi connectivity index (χ1v) is 12.1. The second-order valence-electron chi connectivity index (χ2n) is 10.9. The van der Waals surface area contributed by atoms with Crippen molar-refractivity contribution < 1.29 is 19.1 Å². The molecular weight excluding hydrogens is 392 g/mol. The summed E-state index contributed by atoms with van der Waals surface area (Å²) in [4.78, 5) is 25.1. The highest BCUT2D eigenvalue weighted by molar-refractivity contribution is 5.94. The van der Waals surface area contributed by atoms with Gasteiger partial charge in [-0.3, -0.25) is 9.59 Å². The number of carbonyl (C=O) groups is 2. The van der Waals surface area contributed by atoms with Crippen molar-refractivity contribution >= 4 is 17.5 Å². The summed E-state index contributed by atoms with van der Waals surface area (Å²) in [6, 6.07) is 5.49. The van der Waals surface area contributed by atoms with Crippen molar-refractivity contribution in [3.63, 3.8) is 0 Å². The van der Waals surface area contributed by atoms with E-state index >= 15 is 0 Å². The van der Waals surface area contributed by atoms with Gasteiger partial charge in [-0.25, -0.2) is 0 Å². The second kappa shape index (κ2) is 7.14. The molecule has 6 nitrogen and oxygen atoms in total. The second-order valence-corrected chi connectivity index (χ2v) is 10.9. The molecule has 1 heterocycles. The number of fused-ring (bicyclic) bond motifs is 1. The minimum atomic E-state index is -0.504. The van der Waals surface area contributed by atoms with E-state index in [0.717, 1.165) is 49.2 Å². The van der Waals surface area contributed by atoms with Gasteiger partial charge in [-0.2, -0.15) is 0 Å². The fraction of sp³-hybridized carbons (Fsp3) is 0.680. The SMILES string of the molecule is O=C(CC12CC3CC(CC(C3)C1)C2)NCC(=O)Nc1ccc2c(c1)OC1(CCCC1)O2. The summed E-state index contributed by atoms with van der Waals surface area (Å²) in [5.74, 6) is 3.22. The lowest BCUT2D eigenvalue weighted by Crippen LogP contribution is -2.48. The minimum Gasteiger partial charge on any atom is -0.448 e. The van der Waals surface area contributed by atoms with Crippen LogP contribution in [-0.2, 0) is 9.59 Å². The quantitative estimate of drug-likeness (QED) is 0.735. The molecule has 6 aliphatic rings. The van der Waals surface area contributed by atoms with Crippen molar-refractivity contribution in [1.82, 2.24) is 5.32 Å². The summed E-state index contributed by atoms with van der Waals surface area (Å²) in [5.41, 5.74) is 0.862. The van der Waals surface area contributed by atoms with Gasteiger partial charge in [0, 0.05) is 31.0 Å². The summed E-state index contributed by atoms with van der Waals surface area (Å²) < 4.78 is 12.1. The highest BCUT2D eigenvalue weighted by atomic mass is 16.7. The number of nitrogens with one attached hydrogen (secondary N) is 2. The fourth-order valence-electron chi connectivity index (χ4n) is 7.58. The van der Waals surface area contributed by atoms with Crippen molar-refractivity contribution in [3.05, 3.63) is 18.2 Å². The lowest BCUT2D eigenvalue weighted by Gasteiger charge is -2.56. The number of carbonyl (C=O) groups excluding carboxylic acids is 2. The predicted molar refractivity (Wildman–Crippen MR) is 116 cm³/mol. The van der Waals surface area contributed by atoms with Crippen LogP contribution in [0.5, 0.6) is 11.5 Å². The molecule has 1 aromatic rings. The van der Waals surface area contributed by atoms with Gasteiger partial charge < -0.3 is 20.1 Å². The van der Waals surface area contributed by atoms with Crippen LogP contribution in [0.1, 0.15) is 70.6 Å². The number of benzene rings is 1. The summed E-state index contributed by atoms with van der Waals surface area (Å²) in [6.45, 7) is 0.00355. The summed E-state index contributed by atoms with van der Waals surface area (Å²) in [6.07, 6.45) is 12.3. The zero-order valence-corrected chi connectivity index (χ0v) is 18.1. The number of anilines is 1. The maximum absolute atomic E-state index is 12.7. The zero-order chi connectivity index (χ0) is 21.1. The Morgan fingerprint density at radius 1 is 0.903 bits per heavy atom. The van der Waals surface area contributed by atoms with Gasteiger partial charge in [-0.05, 0) is 86.7 Å². The van der Waals surface area contributed by atoms with E-state index in [0.29, 0.717) is 17.9 Å². The summed E-state index contributed by atoms with van der Waals surface area (Å²) >= 11 is 0. The average molecular weight is 425 g/mol. The molecule has 5 fully saturated rings. The molecule has 6 heteroatoms. The van der Waals surface area contributed by atoms with E-state index in [-0.39, 0.29) is 23.8 Å². The Hall–Kier alpha value is -2.24. The molecule has 0 radical (unpaired) electrons. The van der Waals surface area contributed by atoms with Crippen molar-refractivity contribution in [2.45, 2.75) is 76.4 Å². The normalized spacial score (nSPS) is 33.6. The van der Waals surface area contributed by atoms with Gasteiger partial charge >= 0.3 is 0 Å². The van der Waals surface area contributed by atoms with E-state index < -0.39 is 5.79 Å². The lowest BCUT2D eigenvalue weighted by molar-refractivity contribution is -0.131. The predicted octanol–water partition coefficient (Wildman–Crippen LogP) is 4.39. The van der Waals surface area contributed by atoms with E-state index in [1.807, 2.05) is 18.2 Å². The van der Waals surface area contributed by atoms with Gasteiger partial charge in [0.1, 0.15) is 0 Å². The van der Waals surface area contributed by atoms with E-state index in [1.165, 1.54) is 38.5 Å². The zero-order valence-electron chi connectivity index (χ0n) is 18.1. The Kier molecular flexibility index (Phi) is 4.48. The molecule has 2 N–H and O–H groups in total. The molecule has 0 saturated heterocycles. The first-order chi connectivity index (χ1) is 15.0. The number of ether oxygens (including phenoxy) is 2. The molecule has 0 unspecified atom stereocenters. The third-order valence-electron chi connectivity index (χ3n) is 8.33. The monoisotopic (exact) mass is 424 g/mol. The van der Waals surface area contributed by atoms with Gasteiger partial charge in [0.15, 0.2) is 11.5 Å². The average Bonchev–Trinajstić information content (AvgIpc) is 3.30. The van der Waals surface area contributed by atoms with Gasteiger partial charge in [0.25, 0.3) is 5.79 Å². The molecule has 5 saturated carbocycles. The van der Waals surface area contributed by atoms with Crippen LogP contribution in [0.4, 0.5) is 5.69 Å². The number of hydrogen-bond acceptors (Lipinski definition) is 4. The van der Waals surface area contributed by atoms with E-state index in [9.17, 15) is 9.59 Å². The Morgan fingerprint density at radius 3 is 2.23 bits per heavy atom. The van der Waals surface area contributed by atoms with Crippen molar-refractivity contribution in [2.24, 2.45) is 23.2 Å². The topological polar surface area (TPSA) is 76.7 Å². The molecule has 1 spiro atoms. The van der Waals surface area contributed by atoms with Crippen LogP contribution < -0.4 is 20.1 Å². The molecular formula is C25H32N2O4. The summed E-state index contributed by atoms with van der Waals surface area (Å²) in [7, 11) is 0. The maximum atomic E-state index is 12.7. The van der Waals surface area contributed by atoms with Crippen LogP contribution in [0.25, 0.3) is 0 Å². The molecule has 7 rings (SSSR count). The van der Waals surface area contributed by atoms with Gasteiger partial charge in [-0.1, -0.05) is 0 Å². The van der Waals surface area contributed by atoms with Crippen LogP contribution in [0.15, 0.2) is 18.2 Å². The molecule has 0 aromatic heterocycles. The summed E-state index contributed by atoms with van der Waals surface area (Å²) in [5, 5.41) is 5.74. The standard InChI is InChI=1S/C25H32N2O4/c28-22(14-24-11-16-7-17(12-24)9-18(8-16)13-24)26-15-23(29)27-19-3-4-20-21(10-19)31-25(30-20)5-1-2-6-25/h3-4,10,16-18H,1-2,5-9,11-15H2,(H,26,28)(H,27,29). The van der Waals surface area contributed by atoms with Crippen LogP contribution in [-0.4, -0.2) is 24.1 Å². The molecule has 0 atom stereocenters. The third kappa shape index (κ3) is 3.68. The fourth-order valence-corrected chi connectivity index (χ4v) is 7.58. The third-order valence-corrected chi connectivity index (χ3v) is 8.33. The number of amides is 2. The molecule has 4 bridgehead atoms. The van der Waals surface area contributed by atoms with Gasteiger partial charge in [-0.15, -0.1) is 0 Å². The number of hydrogen-bond donors (Lipinski definition) is 2. The molecule has 5 aliphatic carbocycles. The molecule has 2 amide bonds. The van der Waals surface area contributed by atoms with Crippen molar-refractivity contribution in [1.29, 1.82) is 0 Å². The van der Waals surface area contributed by atoms with Crippen molar-refractivity contribution in [3.8, 4) is 11.5 Å². The molecule has 31 heavy (non-hydrogen) atoms. The van der Waals surface area contributed by atoms with Crippen molar-refractivity contribution in [2.75, 3.05) is 11.9 Å². The Morgan fingerprint density at radius 2 is 1.55 bits per heavy atom. The van der Waals surface area contributed by atoms with E-state index in [1.54, 1.807) is 0 Å². The van der Waals surface area contributed by atoms with Gasteiger partial charge in [0.2, 0.25) is 11.8 Å². The highest BCUT2D eigenvalue weighted by Crippen LogP contribution is 2.61. The molecule has 1 aromatic carbocycles. The van der Waals surface area contributed by atoms with Gasteiger partial charge in [0.05, 0.1) is 6.54 Å². The first kappa shape index (κ1) is 19.4. The smallest absolute Gasteiger partial charge is 0.251 e. The first-order valence-electron chi connectivity index (χ1n) is 12.1. The molecule has 1 aliphatic heterocycles. The van der Waals surface area contributed by atoms with Crippen LogP contribution >= 0.6 is 0 Å². The minimum absolute atomic E-state index is 0.00355. The van der Waals surface area contributed by atoms with E-state index in [4.69, 9.17) is 9.47 Å². The molecule has 166 valence electrons. The Balaban J connectivity index is 1.01. The van der Waals surface area contributed by atoms with Crippen LogP contribution in [0.2, 0.25) is 0 Å². The number of rotatable bonds is 5. The largest absolute Gasteiger partial charge is 0.448 e. The maximum Gasteiger partial charge on any atom is 0.251 e. The highest BCUT2D eigenvalue weighted by Gasteiger charge is 2.51. The van der Waals surface area contributed by atoms with Crippen LogP contribution in [0.3, 0.4) is 0 Å². The lowest BCUT2D eigenvalue weighted by atomic mass is 9.49.